The summed E-state index contributed by atoms with van der Waals surface area (Å²) in [5, 5.41) is 8.07. The Morgan fingerprint density at radius 2 is 1.89 bits per heavy atom. The van der Waals surface area contributed by atoms with Crippen molar-refractivity contribution in [3.05, 3.63) is 78.3 Å². The fraction of sp³-hybridized carbons (Fsp3) is 0.250. The number of benzene rings is 2. The maximum atomic E-state index is 14.8. The molecule has 0 N–H and O–H groups in total. The van der Waals surface area contributed by atoms with Crippen LogP contribution in [0.3, 0.4) is 0 Å². The SMILES string of the molecule is Cc1cn(-c2ccc(-c3cn([C@H]4CCc5ccccc5N(CC(F)(F)F)C4=O)nn3)cc2F)cn1. The van der Waals surface area contributed by atoms with E-state index >= 15 is 0 Å². The first-order valence-electron chi connectivity index (χ1n) is 10.9. The van der Waals surface area contributed by atoms with Crippen molar-refractivity contribution in [2.45, 2.75) is 32.0 Å². The number of hydrogen-bond donors (Lipinski definition) is 0. The van der Waals surface area contributed by atoms with Crippen LogP contribution in [0.4, 0.5) is 23.2 Å². The number of aryl methyl sites for hydroxylation is 2. The highest BCUT2D eigenvalue weighted by Crippen LogP contribution is 2.34. The van der Waals surface area contributed by atoms with E-state index < -0.39 is 30.5 Å². The molecule has 2 aromatic heterocycles. The van der Waals surface area contributed by atoms with Crippen molar-refractivity contribution < 1.29 is 22.4 Å². The minimum Gasteiger partial charge on any atom is -0.303 e. The van der Waals surface area contributed by atoms with Crippen molar-refractivity contribution in [1.82, 2.24) is 24.5 Å². The number of carbonyl (C=O) groups excluding carboxylic acids is 1. The van der Waals surface area contributed by atoms with Crippen molar-refractivity contribution in [2.75, 3.05) is 11.4 Å². The minimum absolute atomic E-state index is 0.241. The molecule has 0 unspecified atom stereocenters. The van der Waals surface area contributed by atoms with Crippen molar-refractivity contribution in [1.29, 1.82) is 0 Å². The van der Waals surface area contributed by atoms with E-state index in [1.807, 2.05) is 0 Å². The molecule has 2 aromatic carbocycles. The molecule has 4 aromatic rings. The normalized spacial score (nSPS) is 16.3. The molecule has 7 nitrogen and oxygen atoms in total. The first-order chi connectivity index (χ1) is 16.7. The molecule has 1 amide bonds. The molecule has 0 spiro atoms. The zero-order chi connectivity index (χ0) is 24.7. The maximum Gasteiger partial charge on any atom is 0.406 e. The number of imidazole rings is 1. The van der Waals surface area contributed by atoms with E-state index in [2.05, 4.69) is 15.3 Å². The van der Waals surface area contributed by atoms with Gasteiger partial charge < -0.3 is 9.47 Å². The molecule has 0 aliphatic carbocycles. The Balaban J connectivity index is 1.45. The third kappa shape index (κ3) is 4.53. The molecule has 0 saturated heterocycles. The summed E-state index contributed by atoms with van der Waals surface area (Å²) in [7, 11) is 0. The molecular weight excluding hydrogens is 464 g/mol. The van der Waals surface area contributed by atoms with Crippen molar-refractivity contribution in [3.63, 3.8) is 0 Å². The number of halogens is 4. The van der Waals surface area contributed by atoms with Crippen molar-refractivity contribution >= 4 is 11.6 Å². The molecule has 35 heavy (non-hydrogen) atoms. The first-order valence-corrected chi connectivity index (χ1v) is 10.9. The zero-order valence-electron chi connectivity index (χ0n) is 18.6. The molecule has 11 heteroatoms. The lowest BCUT2D eigenvalue weighted by atomic mass is 10.1. The smallest absolute Gasteiger partial charge is 0.303 e. The lowest BCUT2D eigenvalue weighted by Crippen LogP contribution is -2.42. The van der Waals surface area contributed by atoms with Crippen LogP contribution in [0.15, 0.2) is 61.2 Å². The van der Waals surface area contributed by atoms with Crippen LogP contribution in [0.5, 0.6) is 0 Å². The number of rotatable bonds is 4. The van der Waals surface area contributed by atoms with E-state index in [-0.39, 0.29) is 12.1 Å². The van der Waals surface area contributed by atoms with Gasteiger partial charge in [0, 0.05) is 17.4 Å². The summed E-state index contributed by atoms with van der Waals surface area (Å²) in [4.78, 5) is 18.1. The second kappa shape index (κ2) is 8.64. The molecule has 0 fully saturated rings. The summed E-state index contributed by atoms with van der Waals surface area (Å²) in [6.45, 7) is 0.394. The second-order valence-corrected chi connectivity index (χ2v) is 8.40. The highest BCUT2D eigenvalue weighted by atomic mass is 19.4. The monoisotopic (exact) mass is 484 g/mol. The Labute approximate surface area is 197 Å². The molecule has 0 bridgehead atoms. The molecule has 3 heterocycles. The average molecular weight is 484 g/mol. The number of alkyl halides is 3. The van der Waals surface area contributed by atoms with Gasteiger partial charge in [-0.05, 0) is 43.5 Å². The van der Waals surface area contributed by atoms with Crippen LogP contribution in [0.25, 0.3) is 16.9 Å². The van der Waals surface area contributed by atoms with Crippen LogP contribution in [0.1, 0.15) is 23.7 Å². The van der Waals surface area contributed by atoms with E-state index in [4.69, 9.17) is 0 Å². The number of amides is 1. The van der Waals surface area contributed by atoms with Gasteiger partial charge in [-0.15, -0.1) is 5.10 Å². The van der Waals surface area contributed by atoms with Gasteiger partial charge >= 0.3 is 6.18 Å². The van der Waals surface area contributed by atoms with Crippen LogP contribution in [-0.4, -0.2) is 43.2 Å². The van der Waals surface area contributed by atoms with Gasteiger partial charge in [0.15, 0.2) is 0 Å². The van der Waals surface area contributed by atoms with E-state index in [0.717, 1.165) is 10.6 Å². The van der Waals surface area contributed by atoms with Gasteiger partial charge in [-0.25, -0.2) is 14.1 Å². The topological polar surface area (TPSA) is 68.8 Å². The summed E-state index contributed by atoms with van der Waals surface area (Å²) in [5.41, 5.74) is 2.66. The molecule has 1 atom stereocenters. The molecule has 180 valence electrons. The lowest BCUT2D eigenvalue weighted by molar-refractivity contribution is -0.134. The van der Waals surface area contributed by atoms with Crippen LogP contribution >= 0.6 is 0 Å². The van der Waals surface area contributed by atoms with Gasteiger partial charge in [-0.2, -0.15) is 13.2 Å². The Kier molecular flexibility index (Phi) is 5.62. The standard InChI is InChI=1S/C24H20F4N6O/c1-15-11-32(14-29-15)21-8-7-17(10-18(21)25)19-12-34(31-30-19)22-9-6-16-4-2-3-5-20(16)33(23(22)35)13-24(26,27)28/h2-5,7-8,10-12,14,22H,6,9,13H2,1H3/t22-/m0/s1. The molecule has 0 saturated carbocycles. The first kappa shape index (κ1) is 22.8. The Hall–Kier alpha value is -4.02. The molecule has 5 rings (SSSR count). The summed E-state index contributed by atoms with van der Waals surface area (Å²) >= 11 is 0. The van der Waals surface area contributed by atoms with E-state index in [1.54, 1.807) is 48.0 Å². The third-order valence-electron chi connectivity index (χ3n) is 5.92. The fourth-order valence-electron chi connectivity index (χ4n) is 4.28. The second-order valence-electron chi connectivity index (χ2n) is 8.40. The quantitative estimate of drug-likeness (QED) is 0.395. The van der Waals surface area contributed by atoms with Crippen molar-refractivity contribution in [3.8, 4) is 16.9 Å². The van der Waals surface area contributed by atoms with E-state index in [9.17, 15) is 22.4 Å². The van der Waals surface area contributed by atoms with Gasteiger partial charge in [-0.1, -0.05) is 29.5 Å². The van der Waals surface area contributed by atoms with Gasteiger partial charge in [-0.3, -0.25) is 4.79 Å². The van der Waals surface area contributed by atoms with Crippen molar-refractivity contribution in [2.24, 2.45) is 0 Å². The Bertz CT molecular complexity index is 1390. The number of fused-ring (bicyclic) bond motifs is 1. The minimum atomic E-state index is -4.57. The van der Waals surface area contributed by atoms with Gasteiger partial charge in [0.1, 0.15) is 24.1 Å². The van der Waals surface area contributed by atoms with Crippen LogP contribution in [0, 0.1) is 12.7 Å². The summed E-state index contributed by atoms with van der Waals surface area (Å²) in [6, 6.07) is 10.1. The summed E-state index contributed by atoms with van der Waals surface area (Å²) in [5.74, 6) is -1.23. The Morgan fingerprint density at radius 3 is 2.60 bits per heavy atom. The van der Waals surface area contributed by atoms with Crippen LogP contribution < -0.4 is 4.90 Å². The van der Waals surface area contributed by atoms with E-state index in [0.29, 0.717) is 28.9 Å². The number of hydrogen-bond acceptors (Lipinski definition) is 4. The molecular formula is C24H20F4N6O. The summed E-state index contributed by atoms with van der Waals surface area (Å²) < 4.78 is 57.6. The van der Waals surface area contributed by atoms with Gasteiger partial charge in [0.05, 0.1) is 23.9 Å². The van der Waals surface area contributed by atoms with Gasteiger partial charge in [0.2, 0.25) is 0 Å². The van der Waals surface area contributed by atoms with Crippen LogP contribution in [0.2, 0.25) is 0 Å². The number of anilines is 1. The largest absolute Gasteiger partial charge is 0.406 e. The predicted octanol–water partition coefficient (Wildman–Crippen LogP) is 4.66. The fourth-order valence-corrected chi connectivity index (χ4v) is 4.28. The highest BCUT2D eigenvalue weighted by Gasteiger charge is 2.39. The molecule has 1 aliphatic heterocycles. The number of carbonyl (C=O) groups is 1. The number of aromatic nitrogens is 5. The number of nitrogens with zero attached hydrogens (tertiary/aromatic N) is 6. The summed E-state index contributed by atoms with van der Waals surface area (Å²) in [6.07, 6.45) is 0.727. The Morgan fingerprint density at radius 1 is 1.09 bits per heavy atom. The average Bonchev–Trinajstić information content (AvgIpc) is 3.44. The van der Waals surface area contributed by atoms with Gasteiger partial charge in [0.25, 0.3) is 5.91 Å². The van der Waals surface area contributed by atoms with E-state index in [1.165, 1.54) is 29.3 Å². The van der Waals surface area contributed by atoms with Crippen LogP contribution in [-0.2, 0) is 11.2 Å². The molecule has 0 radical (unpaired) electrons. The molecule has 1 aliphatic rings. The number of para-hydroxylation sites is 1. The predicted molar refractivity (Wildman–Crippen MR) is 119 cm³/mol. The maximum absolute atomic E-state index is 14.8. The zero-order valence-corrected chi connectivity index (χ0v) is 18.6. The highest BCUT2D eigenvalue weighted by molar-refractivity contribution is 5.97. The third-order valence-corrected chi connectivity index (χ3v) is 5.92. The lowest BCUT2D eigenvalue weighted by Gasteiger charge is -2.26.